The normalized spacial score (nSPS) is 12.4. The largest absolute Gasteiger partial charge is 0.324 e. The van der Waals surface area contributed by atoms with Gasteiger partial charge in [-0.3, -0.25) is 9.69 Å². The second kappa shape index (κ2) is 8.65. The lowest BCUT2D eigenvalue weighted by Gasteiger charge is -2.29. The van der Waals surface area contributed by atoms with Gasteiger partial charge in [0.2, 0.25) is 5.91 Å². The smallest absolute Gasteiger partial charge is 0.246 e. The molecule has 0 bridgehead atoms. The molecule has 128 valence electrons. The summed E-state index contributed by atoms with van der Waals surface area (Å²) in [6.07, 6.45) is 0. The number of carbonyl (C=O) groups is 1. The van der Waals surface area contributed by atoms with E-state index < -0.39 is 0 Å². The summed E-state index contributed by atoms with van der Waals surface area (Å²) in [5, 5.41) is 3.08. The number of amides is 1. The van der Waals surface area contributed by atoms with Crippen LogP contribution in [0.25, 0.3) is 0 Å². The molecule has 0 spiro atoms. The molecular weight excluding hydrogens is 296 g/mol. The molecule has 2 rings (SSSR count). The van der Waals surface area contributed by atoms with E-state index in [2.05, 4.69) is 50.0 Å². The maximum Gasteiger partial charge on any atom is 0.246 e. The number of hydrogen-bond donors (Lipinski definition) is 1. The molecule has 2 aromatic rings. The van der Waals surface area contributed by atoms with E-state index >= 15 is 0 Å². The van der Waals surface area contributed by atoms with Crippen LogP contribution >= 0.6 is 0 Å². The molecule has 0 saturated heterocycles. The van der Waals surface area contributed by atoms with Gasteiger partial charge in [-0.1, -0.05) is 70.2 Å². The van der Waals surface area contributed by atoms with E-state index in [1.165, 1.54) is 5.56 Å². The van der Waals surface area contributed by atoms with Gasteiger partial charge in [0.05, 0.1) is 0 Å². The Balaban J connectivity index is 2.21. The fourth-order valence-electron chi connectivity index (χ4n) is 2.91. The maximum atomic E-state index is 12.9. The Morgan fingerprint density at radius 1 is 0.917 bits per heavy atom. The van der Waals surface area contributed by atoms with Crippen molar-refractivity contribution in [2.24, 2.45) is 0 Å². The number of nitrogens with zero attached hydrogens (tertiary/aromatic N) is 1. The number of likely N-dealkylation sites (N-methyl/N-ethyl adjacent to an activating group) is 1. The average Bonchev–Trinajstić information content (AvgIpc) is 2.60. The number of anilines is 1. The van der Waals surface area contributed by atoms with Crippen molar-refractivity contribution in [1.29, 1.82) is 0 Å². The summed E-state index contributed by atoms with van der Waals surface area (Å²) >= 11 is 0. The maximum absolute atomic E-state index is 12.9. The minimum Gasteiger partial charge on any atom is -0.324 e. The van der Waals surface area contributed by atoms with Crippen LogP contribution in [0.2, 0.25) is 0 Å². The Labute approximate surface area is 145 Å². The van der Waals surface area contributed by atoms with Crippen molar-refractivity contribution in [1.82, 2.24) is 4.90 Å². The van der Waals surface area contributed by atoms with Crippen molar-refractivity contribution in [2.45, 2.75) is 39.7 Å². The topological polar surface area (TPSA) is 32.3 Å². The third-order valence-electron chi connectivity index (χ3n) is 4.39. The highest BCUT2D eigenvalue weighted by Crippen LogP contribution is 2.23. The average molecular weight is 324 g/mol. The molecule has 1 N–H and O–H groups in total. The lowest BCUT2D eigenvalue weighted by Crippen LogP contribution is -2.37. The van der Waals surface area contributed by atoms with Crippen molar-refractivity contribution in [3.05, 3.63) is 65.7 Å². The molecule has 0 aliphatic heterocycles. The molecule has 0 aromatic heterocycles. The number of benzene rings is 2. The van der Waals surface area contributed by atoms with Gasteiger partial charge in [-0.05, 0) is 42.3 Å². The van der Waals surface area contributed by atoms with Gasteiger partial charge in [0.1, 0.15) is 6.04 Å². The van der Waals surface area contributed by atoms with E-state index in [9.17, 15) is 4.79 Å². The summed E-state index contributed by atoms with van der Waals surface area (Å²) < 4.78 is 0. The van der Waals surface area contributed by atoms with E-state index in [1.54, 1.807) is 0 Å². The van der Waals surface area contributed by atoms with Gasteiger partial charge in [-0.25, -0.2) is 0 Å². The highest BCUT2D eigenvalue weighted by molar-refractivity contribution is 5.95. The summed E-state index contributed by atoms with van der Waals surface area (Å²) in [6.45, 7) is 10.2. The molecule has 3 heteroatoms. The van der Waals surface area contributed by atoms with Crippen LogP contribution in [0.1, 0.15) is 50.8 Å². The van der Waals surface area contributed by atoms with Crippen molar-refractivity contribution >= 4 is 11.6 Å². The predicted molar refractivity (Wildman–Crippen MR) is 101 cm³/mol. The first kappa shape index (κ1) is 18.2. The van der Waals surface area contributed by atoms with Gasteiger partial charge in [0.15, 0.2) is 0 Å². The molecule has 0 fully saturated rings. The monoisotopic (exact) mass is 324 g/mol. The molecule has 24 heavy (non-hydrogen) atoms. The minimum absolute atomic E-state index is 0.0159. The Morgan fingerprint density at radius 2 is 1.50 bits per heavy atom. The van der Waals surface area contributed by atoms with Gasteiger partial charge < -0.3 is 5.32 Å². The van der Waals surface area contributed by atoms with Crippen LogP contribution in [0.5, 0.6) is 0 Å². The summed E-state index contributed by atoms with van der Waals surface area (Å²) in [5.41, 5.74) is 3.14. The van der Waals surface area contributed by atoms with E-state index in [-0.39, 0.29) is 11.9 Å². The zero-order valence-electron chi connectivity index (χ0n) is 15.1. The first-order chi connectivity index (χ1) is 11.6. The number of rotatable bonds is 7. The number of nitrogens with one attached hydrogen (secondary N) is 1. The fourth-order valence-corrected chi connectivity index (χ4v) is 2.91. The molecule has 2 aromatic carbocycles. The summed E-state index contributed by atoms with van der Waals surface area (Å²) in [4.78, 5) is 15.1. The van der Waals surface area contributed by atoms with E-state index in [0.29, 0.717) is 5.92 Å². The second-order valence-electron chi connectivity index (χ2n) is 6.30. The third kappa shape index (κ3) is 4.45. The zero-order valence-corrected chi connectivity index (χ0v) is 15.1. The van der Waals surface area contributed by atoms with Crippen LogP contribution in [0, 0.1) is 0 Å². The summed E-state index contributed by atoms with van der Waals surface area (Å²) in [5.74, 6) is 0.504. The van der Waals surface area contributed by atoms with E-state index in [1.807, 2.05) is 42.5 Å². The third-order valence-corrected chi connectivity index (χ3v) is 4.39. The van der Waals surface area contributed by atoms with Crippen LogP contribution in [0.4, 0.5) is 5.69 Å². The van der Waals surface area contributed by atoms with Crippen molar-refractivity contribution in [2.75, 3.05) is 18.4 Å². The van der Waals surface area contributed by atoms with Crippen molar-refractivity contribution < 1.29 is 4.79 Å². The van der Waals surface area contributed by atoms with Crippen LogP contribution in [-0.2, 0) is 4.79 Å². The molecule has 0 heterocycles. The molecule has 1 unspecified atom stereocenters. The van der Waals surface area contributed by atoms with E-state index in [4.69, 9.17) is 0 Å². The Bertz CT molecular complexity index is 631. The molecule has 0 radical (unpaired) electrons. The second-order valence-corrected chi connectivity index (χ2v) is 6.30. The Morgan fingerprint density at radius 3 is 2.00 bits per heavy atom. The summed E-state index contributed by atoms with van der Waals surface area (Å²) in [7, 11) is 0. The highest BCUT2D eigenvalue weighted by atomic mass is 16.2. The van der Waals surface area contributed by atoms with Gasteiger partial charge >= 0.3 is 0 Å². The SMILES string of the molecule is CCN(CC)C(C(=O)Nc1ccc(C(C)C)cc1)c1ccccc1. The zero-order chi connectivity index (χ0) is 17.5. The molecule has 3 nitrogen and oxygen atoms in total. The fraction of sp³-hybridized carbons (Fsp3) is 0.381. The molecule has 0 saturated carbocycles. The van der Waals surface area contributed by atoms with Gasteiger partial charge in [0, 0.05) is 5.69 Å². The lowest BCUT2D eigenvalue weighted by atomic mass is 10.0. The summed E-state index contributed by atoms with van der Waals surface area (Å²) in [6, 6.07) is 17.8. The van der Waals surface area contributed by atoms with Crippen LogP contribution in [0.3, 0.4) is 0 Å². The quantitative estimate of drug-likeness (QED) is 0.791. The van der Waals surface area contributed by atoms with Crippen LogP contribution in [-0.4, -0.2) is 23.9 Å². The number of carbonyl (C=O) groups excluding carboxylic acids is 1. The molecule has 0 aliphatic carbocycles. The first-order valence-corrected chi connectivity index (χ1v) is 8.76. The molecule has 0 aliphatic rings. The lowest BCUT2D eigenvalue weighted by molar-refractivity contribution is -0.121. The van der Waals surface area contributed by atoms with Gasteiger partial charge in [0.25, 0.3) is 0 Å². The van der Waals surface area contributed by atoms with Crippen molar-refractivity contribution in [3.63, 3.8) is 0 Å². The van der Waals surface area contributed by atoms with Crippen molar-refractivity contribution in [3.8, 4) is 0 Å². The van der Waals surface area contributed by atoms with Gasteiger partial charge in [-0.2, -0.15) is 0 Å². The minimum atomic E-state index is -0.272. The van der Waals surface area contributed by atoms with E-state index in [0.717, 1.165) is 24.3 Å². The molecular formula is C21H28N2O. The Kier molecular flexibility index (Phi) is 6.56. The Hall–Kier alpha value is -2.13. The first-order valence-electron chi connectivity index (χ1n) is 8.76. The molecule has 1 atom stereocenters. The van der Waals surface area contributed by atoms with Crippen LogP contribution < -0.4 is 5.32 Å². The molecule has 1 amide bonds. The van der Waals surface area contributed by atoms with Crippen LogP contribution in [0.15, 0.2) is 54.6 Å². The predicted octanol–water partition coefficient (Wildman–Crippen LogP) is 4.83. The standard InChI is InChI=1S/C21H28N2O/c1-5-23(6-2)20(18-10-8-7-9-11-18)21(24)22-19-14-12-17(13-15-19)16(3)4/h7-16,20H,5-6H2,1-4H3,(H,22,24). The highest BCUT2D eigenvalue weighted by Gasteiger charge is 2.25. The number of hydrogen-bond acceptors (Lipinski definition) is 2. The van der Waals surface area contributed by atoms with Gasteiger partial charge in [-0.15, -0.1) is 0 Å².